The van der Waals surface area contributed by atoms with Crippen molar-refractivity contribution in [2.45, 2.75) is 194 Å². The highest BCUT2D eigenvalue weighted by molar-refractivity contribution is 5.71. The van der Waals surface area contributed by atoms with Crippen molar-refractivity contribution in [3.05, 3.63) is 85.1 Å². The fraction of sp³-hybridized carbons (Fsp3) is 0.653. The molecule has 1 unspecified atom stereocenters. The van der Waals surface area contributed by atoms with E-state index in [4.69, 9.17) is 14.2 Å². The number of hydrogen-bond acceptors (Lipinski definition) is 6. The van der Waals surface area contributed by atoms with E-state index >= 15 is 0 Å². The Hall–Kier alpha value is -3.41. The molecule has 0 spiro atoms. The van der Waals surface area contributed by atoms with Crippen LogP contribution in [0.3, 0.4) is 0 Å². The van der Waals surface area contributed by atoms with E-state index in [-0.39, 0.29) is 31.1 Å². The fourth-order valence-corrected chi connectivity index (χ4v) is 5.78. The average molecular weight is 765 g/mol. The van der Waals surface area contributed by atoms with Gasteiger partial charge in [0.15, 0.2) is 6.10 Å². The summed E-state index contributed by atoms with van der Waals surface area (Å²) in [6.07, 6.45) is 54.2. The molecule has 6 heteroatoms. The molecule has 0 aliphatic heterocycles. The van der Waals surface area contributed by atoms with Crippen LogP contribution in [-0.4, -0.2) is 37.2 Å². The second-order valence-electron chi connectivity index (χ2n) is 14.4. The minimum Gasteiger partial charge on any atom is -0.462 e. The van der Waals surface area contributed by atoms with Crippen LogP contribution in [-0.2, 0) is 28.6 Å². The molecule has 0 aromatic rings. The average Bonchev–Trinajstić information content (AvgIpc) is 3.18. The van der Waals surface area contributed by atoms with Crippen molar-refractivity contribution in [3.8, 4) is 0 Å². The van der Waals surface area contributed by atoms with Gasteiger partial charge < -0.3 is 14.2 Å². The first-order valence-corrected chi connectivity index (χ1v) is 22.2. The zero-order valence-corrected chi connectivity index (χ0v) is 35.4. The van der Waals surface area contributed by atoms with Gasteiger partial charge in [0.25, 0.3) is 0 Å². The molecule has 1 atom stereocenters. The predicted octanol–water partition coefficient (Wildman–Crippen LogP) is 14.1. The van der Waals surface area contributed by atoms with Crippen LogP contribution in [0, 0.1) is 0 Å². The van der Waals surface area contributed by atoms with E-state index < -0.39 is 6.10 Å². The quantitative estimate of drug-likeness (QED) is 0.0270. The normalized spacial score (nSPS) is 12.9. The van der Waals surface area contributed by atoms with Gasteiger partial charge in [-0.1, -0.05) is 215 Å². The van der Waals surface area contributed by atoms with Gasteiger partial charge in [0.1, 0.15) is 13.2 Å². The Balaban J connectivity index is 4.43. The van der Waals surface area contributed by atoms with Crippen molar-refractivity contribution in [3.63, 3.8) is 0 Å². The van der Waals surface area contributed by atoms with Gasteiger partial charge in [0.2, 0.25) is 0 Å². The van der Waals surface area contributed by atoms with E-state index in [0.29, 0.717) is 19.3 Å². The highest BCUT2D eigenvalue weighted by Gasteiger charge is 2.19. The van der Waals surface area contributed by atoms with Gasteiger partial charge in [0, 0.05) is 19.3 Å². The van der Waals surface area contributed by atoms with Gasteiger partial charge in [-0.25, -0.2) is 0 Å². The molecule has 0 saturated heterocycles. The SMILES string of the molecule is CC\C=C/C=C\C=C/C=C\C=C\C=C/C=C\CCCCCC(=O)OCC(COC(=O)CCCCCCCCCCC)OC(=O)CCCCCCCCCCC. The smallest absolute Gasteiger partial charge is 0.306 e. The summed E-state index contributed by atoms with van der Waals surface area (Å²) in [5.74, 6) is -0.950. The molecule has 0 aromatic carbocycles. The second-order valence-corrected chi connectivity index (χ2v) is 14.4. The number of esters is 3. The molecule has 6 nitrogen and oxygen atoms in total. The first kappa shape index (κ1) is 51.6. The maximum absolute atomic E-state index is 12.6. The predicted molar refractivity (Wildman–Crippen MR) is 233 cm³/mol. The zero-order chi connectivity index (χ0) is 40.1. The van der Waals surface area contributed by atoms with Crippen LogP contribution >= 0.6 is 0 Å². The summed E-state index contributed by atoms with van der Waals surface area (Å²) in [5, 5.41) is 0. The molecule has 0 heterocycles. The van der Waals surface area contributed by atoms with E-state index in [1.807, 2.05) is 72.9 Å². The summed E-state index contributed by atoms with van der Waals surface area (Å²) in [5.41, 5.74) is 0. The highest BCUT2D eigenvalue weighted by Crippen LogP contribution is 2.13. The molecular weight excluding hydrogens is 685 g/mol. The number of carbonyl (C=O) groups is 3. The zero-order valence-electron chi connectivity index (χ0n) is 35.4. The molecule has 0 aromatic heterocycles. The summed E-state index contributed by atoms with van der Waals surface area (Å²) >= 11 is 0. The Bertz CT molecular complexity index is 1110. The molecule has 0 rings (SSSR count). The lowest BCUT2D eigenvalue weighted by atomic mass is 10.1. The van der Waals surface area contributed by atoms with Gasteiger partial charge in [-0.05, 0) is 38.5 Å². The van der Waals surface area contributed by atoms with Gasteiger partial charge in [0.05, 0.1) is 0 Å². The van der Waals surface area contributed by atoms with Crippen LogP contribution in [0.25, 0.3) is 0 Å². The van der Waals surface area contributed by atoms with Crippen LogP contribution in [0.2, 0.25) is 0 Å². The Kier molecular flexibility index (Phi) is 40.6. The molecule has 55 heavy (non-hydrogen) atoms. The standard InChI is InChI=1S/C49H80O6/c1-4-7-10-13-16-19-20-21-22-23-24-25-26-27-28-31-33-36-39-42-48(51)54-45-46(55-49(52)43-40-37-34-30-18-15-12-9-6-3)44-53-47(50)41-38-35-32-29-17-14-11-8-5-2/h7,10,13,16,19-28,46H,4-6,8-9,11-12,14-15,17-18,29-45H2,1-3H3/b10-7-,16-13-,20-19-,22-21-,24-23+,26-25-,28-27-. The first-order valence-electron chi connectivity index (χ1n) is 22.2. The number of hydrogen-bond donors (Lipinski definition) is 0. The Labute approximate surface area is 337 Å². The first-order chi connectivity index (χ1) is 27.0. The van der Waals surface area contributed by atoms with Gasteiger partial charge in [-0.15, -0.1) is 0 Å². The largest absolute Gasteiger partial charge is 0.462 e. The topological polar surface area (TPSA) is 78.9 Å². The van der Waals surface area contributed by atoms with Crippen LogP contribution in [0.15, 0.2) is 85.1 Å². The second kappa shape index (κ2) is 43.3. The minimum atomic E-state index is -0.789. The summed E-state index contributed by atoms with van der Waals surface area (Å²) < 4.78 is 16.6. The third-order valence-corrected chi connectivity index (χ3v) is 9.11. The van der Waals surface area contributed by atoms with Crippen molar-refractivity contribution >= 4 is 17.9 Å². The Morgan fingerprint density at radius 2 is 0.709 bits per heavy atom. The Morgan fingerprint density at radius 1 is 0.382 bits per heavy atom. The summed E-state index contributed by atoms with van der Waals surface area (Å²) in [6, 6.07) is 0. The van der Waals surface area contributed by atoms with Crippen LogP contribution < -0.4 is 0 Å². The van der Waals surface area contributed by atoms with E-state index in [0.717, 1.165) is 70.6 Å². The van der Waals surface area contributed by atoms with Crippen molar-refractivity contribution in [1.29, 1.82) is 0 Å². The van der Waals surface area contributed by atoms with Gasteiger partial charge >= 0.3 is 17.9 Å². The van der Waals surface area contributed by atoms with Crippen molar-refractivity contribution < 1.29 is 28.6 Å². The molecular formula is C49H80O6. The number of ether oxygens (including phenoxy) is 3. The molecule has 0 bridgehead atoms. The van der Waals surface area contributed by atoms with Crippen LogP contribution in [0.1, 0.15) is 188 Å². The molecule has 0 aliphatic rings. The summed E-state index contributed by atoms with van der Waals surface area (Å²) in [6.45, 7) is 6.38. The lowest BCUT2D eigenvalue weighted by molar-refractivity contribution is -0.167. The molecule has 0 radical (unpaired) electrons. The fourth-order valence-electron chi connectivity index (χ4n) is 5.78. The Morgan fingerprint density at radius 3 is 1.11 bits per heavy atom. The van der Waals surface area contributed by atoms with E-state index in [1.165, 1.54) is 77.0 Å². The number of unbranched alkanes of at least 4 members (excludes halogenated alkanes) is 19. The lowest BCUT2D eigenvalue weighted by Gasteiger charge is -2.18. The third kappa shape index (κ3) is 41.6. The van der Waals surface area contributed by atoms with Crippen molar-refractivity contribution in [2.75, 3.05) is 13.2 Å². The number of carbonyl (C=O) groups excluding carboxylic acids is 3. The molecule has 0 amide bonds. The van der Waals surface area contributed by atoms with Crippen LogP contribution in [0.4, 0.5) is 0 Å². The number of rotatable bonds is 38. The summed E-state index contributed by atoms with van der Waals surface area (Å²) in [4.78, 5) is 37.6. The van der Waals surface area contributed by atoms with Crippen LogP contribution in [0.5, 0.6) is 0 Å². The molecule has 0 fully saturated rings. The molecule has 0 N–H and O–H groups in total. The monoisotopic (exact) mass is 765 g/mol. The molecule has 0 aliphatic carbocycles. The maximum Gasteiger partial charge on any atom is 0.306 e. The minimum absolute atomic E-state index is 0.0904. The lowest BCUT2D eigenvalue weighted by Crippen LogP contribution is -2.30. The van der Waals surface area contributed by atoms with E-state index in [1.54, 1.807) is 0 Å². The van der Waals surface area contributed by atoms with Crippen molar-refractivity contribution in [1.82, 2.24) is 0 Å². The van der Waals surface area contributed by atoms with Gasteiger partial charge in [-0.2, -0.15) is 0 Å². The van der Waals surface area contributed by atoms with E-state index in [2.05, 4.69) is 32.9 Å². The van der Waals surface area contributed by atoms with Gasteiger partial charge in [-0.3, -0.25) is 14.4 Å². The summed E-state index contributed by atoms with van der Waals surface area (Å²) in [7, 11) is 0. The van der Waals surface area contributed by atoms with Crippen molar-refractivity contribution in [2.24, 2.45) is 0 Å². The van der Waals surface area contributed by atoms with E-state index in [9.17, 15) is 14.4 Å². The highest BCUT2D eigenvalue weighted by atomic mass is 16.6. The number of allylic oxidation sites excluding steroid dienone is 14. The maximum atomic E-state index is 12.6. The third-order valence-electron chi connectivity index (χ3n) is 9.11. The molecule has 0 saturated carbocycles. The molecule has 312 valence electrons.